The number of rotatable bonds is 6. The average Bonchev–Trinajstić information content (AvgIpc) is 3.40. The van der Waals surface area contributed by atoms with Crippen molar-refractivity contribution in [2.45, 2.75) is 81.7 Å². The molecule has 0 saturated carbocycles. The van der Waals surface area contributed by atoms with Crippen LogP contribution in [0, 0.1) is 12.7 Å². The number of fused-ring (bicyclic) bond motifs is 1. The zero-order chi connectivity index (χ0) is 29.7. The SMILES string of the molecule is Cc1cc(F)ccc1C1C2C(NC3CCOCC3)CC(=O)N2C[C@@H]1O[C@H](C)c1cc(C(F)(F)F)cc(C(F)(F)F)c1. The fraction of sp³-hybridized carbons (Fsp3) is 0.552. The molecule has 3 fully saturated rings. The quantitative estimate of drug-likeness (QED) is 0.412. The first kappa shape index (κ1) is 29.8. The maximum atomic E-state index is 14.0. The second-order valence-corrected chi connectivity index (χ2v) is 11.1. The maximum Gasteiger partial charge on any atom is 0.416 e. The zero-order valence-electron chi connectivity index (χ0n) is 22.5. The van der Waals surface area contributed by atoms with Gasteiger partial charge in [-0.1, -0.05) is 6.07 Å². The van der Waals surface area contributed by atoms with E-state index in [0.29, 0.717) is 36.5 Å². The molecule has 2 aromatic carbocycles. The average molecular weight is 589 g/mol. The fourth-order valence-electron chi connectivity index (χ4n) is 6.41. The van der Waals surface area contributed by atoms with Gasteiger partial charge in [0.2, 0.25) is 5.91 Å². The number of aryl methyl sites for hydroxylation is 1. The first-order chi connectivity index (χ1) is 19.2. The Morgan fingerprint density at radius 3 is 2.22 bits per heavy atom. The second kappa shape index (κ2) is 11.2. The molecule has 12 heteroatoms. The molecular formula is C29H31F7N2O3. The number of nitrogens with one attached hydrogen (secondary N) is 1. The van der Waals surface area contributed by atoms with Crippen molar-refractivity contribution >= 4 is 5.91 Å². The summed E-state index contributed by atoms with van der Waals surface area (Å²) in [6, 6.07) is 5.14. The highest BCUT2D eigenvalue weighted by Gasteiger charge is 2.54. The minimum absolute atomic E-state index is 0.0812. The van der Waals surface area contributed by atoms with E-state index in [9.17, 15) is 35.5 Å². The Kier molecular flexibility index (Phi) is 8.12. The predicted molar refractivity (Wildman–Crippen MR) is 134 cm³/mol. The molecule has 2 aromatic rings. The van der Waals surface area contributed by atoms with Crippen LogP contribution in [0.5, 0.6) is 0 Å². The molecule has 3 heterocycles. The Bertz CT molecular complexity index is 1240. The van der Waals surface area contributed by atoms with E-state index in [0.717, 1.165) is 12.8 Å². The third-order valence-electron chi connectivity index (χ3n) is 8.35. The zero-order valence-corrected chi connectivity index (χ0v) is 22.5. The minimum Gasteiger partial charge on any atom is -0.381 e. The third kappa shape index (κ3) is 6.24. The number of benzene rings is 2. The monoisotopic (exact) mass is 588 g/mol. The van der Waals surface area contributed by atoms with Gasteiger partial charge in [0, 0.05) is 44.2 Å². The van der Waals surface area contributed by atoms with Gasteiger partial charge in [-0.15, -0.1) is 0 Å². The van der Waals surface area contributed by atoms with Gasteiger partial charge in [0.1, 0.15) is 5.82 Å². The summed E-state index contributed by atoms with van der Waals surface area (Å²) >= 11 is 0. The van der Waals surface area contributed by atoms with Crippen LogP contribution in [0.1, 0.15) is 66.0 Å². The number of carbonyl (C=O) groups excluding carboxylic acids is 1. The van der Waals surface area contributed by atoms with Crippen molar-refractivity contribution in [3.05, 3.63) is 70.0 Å². The molecule has 3 saturated heterocycles. The van der Waals surface area contributed by atoms with Crippen molar-refractivity contribution in [2.24, 2.45) is 0 Å². The van der Waals surface area contributed by atoms with E-state index in [2.05, 4.69) is 5.32 Å². The summed E-state index contributed by atoms with van der Waals surface area (Å²) in [4.78, 5) is 14.8. The second-order valence-electron chi connectivity index (χ2n) is 11.1. The Morgan fingerprint density at radius 1 is 1.00 bits per heavy atom. The van der Waals surface area contributed by atoms with Gasteiger partial charge in [0.25, 0.3) is 0 Å². The van der Waals surface area contributed by atoms with E-state index in [1.165, 1.54) is 19.1 Å². The molecule has 0 aliphatic carbocycles. The van der Waals surface area contributed by atoms with Crippen molar-refractivity contribution in [1.29, 1.82) is 0 Å². The topological polar surface area (TPSA) is 50.8 Å². The number of hydrogen-bond donors (Lipinski definition) is 1. The molecule has 3 aliphatic heterocycles. The van der Waals surface area contributed by atoms with E-state index in [-0.39, 0.29) is 48.6 Å². The molecule has 0 spiro atoms. The van der Waals surface area contributed by atoms with Gasteiger partial charge >= 0.3 is 12.4 Å². The summed E-state index contributed by atoms with van der Waals surface area (Å²) in [6.07, 6.45) is -10.1. The fourth-order valence-corrected chi connectivity index (χ4v) is 6.41. The number of hydrogen-bond acceptors (Lipinski definition) is 4. The first-order valence-corrected chi connectivity index (χ1v) is 13.6. The van der Waals surface area contributed by atoms with Crippen LogP contribution >= 0.6 is 0 Å². The molecule has 224 valence electrons. The smallest absolute Gasteiger partial charge is 0.381 e. The lowest BCUT2D eigenvalue weighted by molar-refractivity contribution is -0.143. The van der Waals surface area contributed by atoms with Crippen LogP contribution in [0.4, 0.5) is 30.7 Å². The number of alkyl halides is 6. The molecular weight excluding hydrogens is 557 g/mol. The Labute approximate surface area is 233 Å². The summed E-state index contributed by atoms with van der Waals surface area (Å²) in [5.74, 6) is -1.06. The van der Waals surface area contributed by atoms with Crippen molar-refractivity contribution in [2.75, 3.05) is 19.8 Å². The molecule has 1 amide bonds. The standard InChI is InChI=1S/C29H31F7N2O3/c1-15-9-20(30)3-4-22(15)26-24(14-38-25(39)13-23(27(26)38)37-21-5-7-40-8-6-21)41-16(2)17-10-18(28(31,32)33)12-19(11-17)29(34,35)36/h3-4,9-12,16,21,23-24,26-27,37H,5-8,13-14H2,1-2H3/t16-,23?,24+,26?,27?/m1/s1. The summed E-state index contributed by atoms with van der Waals surface area (Å²) < 4.78 is 107. The first-order valence-electron chi connectivity index (χ1n) is 13.6. The summed E-state index contributed by atoms with van der Waals surface area (Å²) in [6.45, 7) is 4.40. The molecule has 0 aromatic heterocycles. The molecule has 5 atom stereocenters. The predicted octanol–water partition coefficient (Wildman–Crippen LogP) is 6.15. The number of nitrogens with zero attached hydrogens (tertiary/aromatic N) is 1. The third-order valence-corrected chi connectivity index (χ3v) is 8.35. The summed E-state index contributed by atoms with van der Waals surface area (Å²) in [5.41, 5.74) is -1.81. The van der Waals surface area contributed by atoms with Gasteiger partial charge < -0.3 is 19.7 Å². The summed E-state index contributed by atoms with van der Waals surface area (Å²) in [5, 5.41) is 3.58. The van der Waals surface area contributed by atoms with Crippen LogP contribution in [-0.4, -0.2) is 54.8 Å². The van der Waals surface area contributed by atoms with Gasteiger partial charge in [-0.3, -0.25) is 4.79 Å². The van der Waals surface area contributed by atoms with E-state index in [4.69, 9.17) is 9.47 Å². The van der Waals surface area contributed by atoms with Gasteiger partial charge in [0.15, 0.2) is 0 Å². The van der Waals surface area contributed by atoms with Crippen LogP contribution in [0.15, 0.2) is 36.4 Å². The molecule has 5 rings (SSSR count). The van der Waals surface area contributed by atoms with Crippen molar-refractivity contribution in [1.82, 2.24) is 10.2 Å². The molecule has 3 unspecified atom stereocenters. The van der Waals surface area contributed by atoms with E-state index in [1.54, 1.807) is 17.9 Å². The van der Waals surface area contributed by atoms with Crippen LogP contribution in [0.3, 0.4) is 0 Å². The van der Waals surface area contributed by atoms with Gasteiger partial charge in [0.05, 0.1) is 29.4 Å². The molecule has 0 bridgehead atoms. The number of ether oxygens (including phenoxy) is 2. The number of halogens is 7. The lowest BCUT2D eigenvalue weighted by Gasteiger charge is -2.34. The summed E-state index contributed by atoms with van der Waals surface area (Å²) in [7, 11) is 0. The highest BCUT2D eigenvalue weighted by atomic mass is 19.4. The lowest BCUT2D eigenvalue weighted by atomic mass is 9.83. The molecule has 1 N–H and O–H groups in total. The highest BCUT2D eigenvalue weighted by molar-refractivity contribution is 5.81. The molecule has 0 radical (unpaired) electrons. The lowest BCUT2D eigenvalue weighted by Crippen LogP contribution is -2.48. The van der Waals surface area contributed by atoms with E-state index >= 15 is 0 Å². The number of amides is 1. The molecule has 5 nitrogen and oxygen atoms in total. The van der Waals surface area contributed by atoms with Crippen molar-refractivity contribution in [3.63, 3.8) is 0 Å². The maximum absolute atomic E-state index is 14.0. The largest absolute Gasteiger partial charge is 0.416 e. The Morgan fingerprint density at radius 2 is 1.63 bits per heavy atom. The van der Waals surface area contributed by atoms with Gasteiger partial charge in [-0.05, 0) is 73.7 Å². The van der Waals surface area contributed by atoms with Gasteiger partial charge in [-0.25, -0.2) is 4.39 Å². The Balaban J connectivity index is 1.49. The van der Waals surface area contributed by atoms with E-state index in [1.807, 2.05) is 0 Å². The van der Waals surface area contributed by atoms with Crippen LogP contribution < -0.4 is 5.32 Å². The highest BCUT2D eigenvalue weighted by Crippen LogP contribution is 2.45. The van der Waals surface area contributed by atoms with Crippen molar-refractivity contribution < 1.29 is 45.0 Å². The normalized spacial score (nSPS) is 26.5. The van der Waals surface area contributed by atoms with Gasteiger partial charge in [-0.2, -0.15) is 26.3 Å². The molecule has 41 heavy (non-hydrogen) atoms. The minimum atomic E-state index is -4.99. The number of carbonyl (C=O) groups is 1. The van der Waals surface area contributed by atoms with E-state index < -0.39 is 47.4 Å². The van der Waals surface area contributed by atoms with Crippen LogP contribution in [-0.2, 0) is 26.6 Å². The van der Waals surface area contributed by atoms with Crippen molar-refractivity contribution in [3.8, 4) is 0 Å². The molecule has 3 aliphatic rings. The Hall–Kier alpha value is -2.70. The van der Waals surface area contributed by atoms with Crippen LogP contribution in [0.2, 0.25) is 0 Å². The van der Waals surface area contributed by atoms with Crippen LogP contribution in [0.25, 0.3) is 0 Å².